The van der Waals surface area contributed by atoms with Crippen LogP contribution in [0.2, 0.25) is 0 Å². The number of ether oxygens (including phenoxy) is 1. The highest BCUT2D eigenvalue weighted by Crippen LogP contribution is 2.48. The lowest BCUT2D eigenvalue weighted by Crippen LogP contribution is -2.54. The molecule has 4 saturated heterocycles. The predicted molar refractivity (Wildman–Crippen MR) is 192 cm³/mol. The fourth-order valence-corrected chi connectivity index (χ4v) is 9.39. The smallest absolute Gasteiger partial charge is 0.262 e. The van der Waals surface area contributed by atoms with Crippen LogP contribution >= 0.6 is 0 Å². The number of amides is 4. The standard InChI is InChI=1S/C39H50N6O5/c1-50-35-22-34(30(21-32(35)40)27-2-3-27)44-18-12-26(13-19-44)25-10-14-42(15-11-25)23-24-8-16-43(17-9-24)28-4-5-29-31(20-28)39(49)45(38(29)48)33-6-7-36(46)41-37(33)47/h4-5,20-22,24-27,33H,2-3,6-19,23,40H2,1H3,(H,41,46,47). The molecule has 0 spiro atoms. The number of anilines is 3. The molecule has 5 fully saturated rings. The molecule has 50 heavy (non-hydrogen) atoms. The summed E-state index contributed by atoms with van der Waals surface area (Å²) in [6, 6.07) is 8.86. The van der Waals surface area contributed by atoms with E-state index >= 15 is 0 Å². The van der Waals surface area contributed by atoms with Gasteiger partial charge in [0, 0.05) is 56.6 Å². The van der Waals surface area contributed by atoms with Crippen LogP contribution in [0.4, 0.5) is 17.1 Å². The van der Waals surface area contributed by atoms with Gasteiger partial charge in [-0.1, -0.05) is 0 Å². The maximum absolute atomic E-state index is 13.3. The first-order chi connectivity index (χ1) is 24.3. The number of nitrogen functional groups attached to an aromatic ring is 1. The largest absolute Gasteiger partial charge is 0.495 e. The third-order valence-corrected chi connectivity index (χ3v) is 12.5. The number of likely N-dealkylation sites (tertiary alicyclic amines) is 1. The first-order valence-electron chi connectivity index (χ1n) is 18.8. The van der Waals surface area contributed by atoms with Crippen LogP contribution in [0.3, 0.4) is 0 Å². The fraction of sp³-hybridized carbons (Fsp3) is 0.590. The maximum Gasteiger partial charge on any atom is 0.262 e. The molecule has 5 aliphatic heterocycles. The highest BCUT2D eigenvalue weighted by Gasteiger charge is 2.45. The Hall–Kier alpha value is -4.12. The van der Waals surface area contributed by atoms with Crippen molar-refractivity contribution in [2.45, 2.75) is 76.2 Å². The summed E-state index contributed by atoms with van der Waals surface area (Å²) in [7, 11) is 1.71. The number of piperidine rings is 4. The number of nitrogens with two attached hydrogens (primary N) is 1. The van der Waals surface area contributed by atoms with Crippen LogP contribution in [0.15, 0.2) is 30.3 Å². The summed E-state index contributed by atoms with van der Waals surface area (Å²) in [6.45, 7) is 7.60. The molecule has 2 aromatic rings. The van der Waals surface area contributed by atoms with Crippen molar-refractivity contribution in [3.05, 3.63) is 47.0 Å². The summed E-state index contributed by atoms with van der Waals surface area (Å²) in [6.07, 6.45) is 10.1. The third kappa shape index (κ3) is 6.33. The van der Waals surface area contributed by atoms with Gasteiger partial charge in [0.05, 0.1) is 23.9 Å². The van der Waals surface area contributed by atoms with Crippen molar-refractivity contribution in [3.63, 3.8) is 0 Å². The Kier molecular flexibility index (Phi) is 8.95. The lowest BCUT2D eigenvalue weighted by Gasteiger charge is -2.42. The van der Waals surface area contributed by atoms with E-state index in [1.54, 1.807) is 13.2 Å². The minimum absolute atomic E-state index is 0.116. The first-order valence-corrected chi connectivity index (χ1v) is 18.8. The molecule has 1 saturated carbocycles. The van der Waals surface area contributed by atoms with Crippen molar-refractivity contribution in [2.24, 2.45) is 17.8 Å². The van der Waals surface area contributed by atoms with E-state index in [2.05, 4.69) is 32.1 Å². The molecule has 1 unspecified atom stereocenters. The molecule has 0 bridgehead atoms. The molecule has 266 valence electrons. The quantitative estimate of drug-likeness (QED) is 0.308. The van der Waals surface area contributed by atoms with Crippen molar-refractivity contribution in [2.75, 3.05) is 68.5 Å². The zero-order valence-electron chi connectivity index (χ0n) is 29.2. The monoisotopic (exact) mass is 682 g/mol. The second-order valence-electron chi connectivity index (χ2n) is 15.5. The molecule has 1 aliphatic carbocycles. The van der Waals surface area contributed by atoms with Gasteiger partial charge in [-0.25, -0.2) is 0 Å². The van der Waals surface area contributed by atoms with Gasteiger partial charge in [-0.2, -0.15) is 0 Å². The van der Waals surface area contributed by atoms with Gasteiger partial charge in [0.25, 0.3) is 11.8 Å². The van der Waals surface area contributed by atoms with E-state index in [9.17, 15) is 19.2 Å². The van der Waals surface area contributed by atoms with E-state index in [-0.39, 0.29) is 18.7 Å². The molecule has 6 aliphatic rings. The average Bonchev–Trinajstić information content (AvgIpc) is 3.95. The lowest BCUT2D eigenvalue weighted by atomic mass is 9.78. The van der Waals surface area contributed by atoms with E-state index in [0.29, 0.717) is 23.0 Å². The van der Waals surface area contributed by atoms with Crippen molar-refractivity contribution in [1.29, 1.82) is 0 Å². The normalized spacial score (nSPS) is 24.6. The van der Waals surface area contributed by atoms with E-state index in [4.69, 9.17) is 10.5 Å². The minimum atomic E-state index is -0.942. The number of hydrogen-bond donors (Lipinski definition) is 2. The molecule has 3 N–H and O–H groups in total. The van der Waals surface area contributed by atoms with Crippen LogP contribution in [0.5, 0.6) is 5.75 Å². The van der Waals surface area contributed by atoms with Gasteiger partial charge in [0.2, 0.25) is 11.8 Å². The van der Waals surface area contributed by atoms with Crippen LogP contribution < -0.4 is 25.6 Å². The SMILES string of the molecule is COc1cc(N2CCC(C3CCN(CC4CCN(c5ccc6c(c5)C(=O)N(C5CCC(=O)NC5=O)C6=O)CC4)CC3)CC2)c(C2CC2)cc1N. The predicted octanol–water partition coefficient (Wildman–Crippen LogP) is 4.40. The highest BCUT2D eigenvalue weighted by molar-refractivity contribution is 6.23. The molecule has 5 heterocycles. The Morgan fingerprint density at radius 2 is 1.42 bits per heavy atom. The molecule has 0 radical (unpaired) electrons. The van der Waals surface area contributed by atoms with E-state index in [1.165, 1.54) is 62.9 Å². The van der Waals surface area contributed by atoms with E-state index in [0.717, 1.165) is 79.4 Å². The summed E-state index contributed by atoms with van der Waals surface area (Å²) in [4.78, 5) is 59.1. The topological polar surface area (TPSA) is 129 Å². The number of methoxy groups -OCH3 is 1. The molecule has 1 atom stereocenters. The van der Waals surface area contributed by atoms with Crippen LogP contribution in [0.1, 0.15) is 96.4 Å². The zero-order chi connectivity index (χ0) is 34.5. The minimum Gasteiger partial charge on any atom is -0.495 e. The van der Waals surface area contributed by atoms with Crippen LogP contribution in [-0.4, -0.2) is 92.4 Å². The van der Waals surface area contributed by atoms with Gasteiger partial charge in [-0.3, -0.25) is 29.4 Å². The summed E-state index contributed by atoms with van der Waals surface area (Å²) in [5.74, 6) is 1.87. The van der Waals surface area contributed by atoms with E-state index < -0.39 is 23.8 Å². The number of hydrogen-bond acceptors (Lipinski definition) is 9. The molecule has 11 heteroatoms. The fourth-order valence-electron chi connectivity index (χ4n) is 9.39. The number of carbonyl (C=O) groups excluding carboxylic acids is 4. The zero-order valence-corrected chi connectivity index (χ0v) is 29.2. The van der Waals surface area contributed by atoms with Gasteiger partial charge in [-0.15, -0.1) is 0 Å². The van der Waals surface area contributed by atoms with Crippen LogP contribution in [0, 0.1) is 17.8 Å². The van der Waals surface area contributed by atoms with Gasteiger partial charge in [0.15, 0.2) is 0 Å². The summed E-state index contributed by atoms with van der Waals surface area (Å²) in [5.41, 5.74) is 11.4. The second-order valence-corrected chi connectivity index (χ2v) is 15.5. The molecule has 11 nitrogen and oxygen atoms in total. The molecular formula is C39H50N6O5. The average molecular weight is 683 g/mol. The Morgan fingerprint density at radius 3 is 2.08 bits per heavy atom. The number of carbonyl (C=O) groups is 4. The number of imide groups is 2. The Bertz CT molecular complexity index is 1670. The van der Waals surface area contributed by atoms with Crippen molar-refractivity contribution >= 4 is 40.7 Å². The molecular weight excluding hydrogens is 632 g/mol. The lowest BCUT2D eigenvalue weighted by molar-refractivity contribution is -0.136. The van der Waals surface area contributed by atoms with Crippen molar-refractivity contribution < 1.29 is 23.9 Å². The molecule has 2 aromatic carbocycles. The number of benzene rings is 2. The summed E-state index contributed by atoms with van der Waals surface area (Å²) >= 11 is 0. The van der Waals surface area contributed by atoms with Gasteiger partial charge in [-0.05, 0) is 124 Å². The highest BCUT2D eigenvalue weighted by atomic mass is 16.5. The van der Waals surface area contributed by atoms with Gasteiger partial charge < -0.3 is 25.2 Å². The summed E-state index contributed by atoms with van der Waals surface area (Å²) < 4.78 is 5.59. The molecule has 4 amide bonds. The number of nitrogens with one attached hydrogen (secondary N) is 1. The first kappa shape index (κ1) is 33.0. The number of nitrogens with zero attached hydrogens (tertiary/aromatic N) is 4. The second kappa shape index (κ2) is 13.5. The Morgan fingerprint density at radius 1 is 0.760 bits per heavy atom. The van der Waals surface area contributed by atoms with E-state index in [1.807, 2.05) is 12.1 Å². The molecule has 8 rings (SSSR count). The summed E-state index contributed by atoms with van der Waals surface area (Å²) in [5, 5.41) is 2.26. The van der Waals surface area contributed by atoms with Gasteiger partial charge in [0.1, 0.15) is 11.8 Å². The van der Waals surface area contributed by atoms with Crippen LogP contribution in [0.25, 0.3) is 0 Å². The maximum atomic E-state index is 13.3. The van der Waals surface area contributed by atoms with Crippen LogP contribution in [-0.2, 0) is 9.59 Å². The molecule has 0 aromatic heterocycles. The van der Waals surface area contributed by atoms with Crippen molar-refractivity contribution in [3.8, 4) is 5.75 Å². The number of rotatable bonds is 8. The van der Waals surface area contributed by atoms with Gasteiger partial charge >= 0.3 is 0 Å². The Balaban J connectivity index is 0.797. The third-order valence-electron chi connectivity index (χ3n) is 12.5. The number of fused-ring (bicyclic) bond motifs is 1. The van der Waals surface area contributed by atoms with Crippen molar-refractivity contribution in [1.82, 2.24) is 15.1 Å². The Labute approximate surface area is 294 Å².